The molecular weight excluding hydrogens is 140 g/mol. The molecule has 0 radical (unpaired) electrons. The van der Waals surface area contributed by atoms with Crippen molar-refractivity contribution >= 4 is 5.78 Å². The van der Waals surface area contributed by atoms with Crippen LogP contribution in [0.4, 0.5) is 0 Å². The van der Waals surface area contributed by atoms with E-state index >= 15 is 0 Å². The van der Waals surface area contributed by atoms with E-state index in [0.29, 0.717) is 13.0 Å². The van der Waals surface area contributed by atoms with Gasteiger partial charge in [0.2, 0.25) is 0 Å². The van der Waals surface area contributed by atoms with Gasteiger partial charge in [-0.2, -0.15) is 0 Å². The number of Topliss-reactive ketones (excluding diaryl/α,β-unsaturated/α-hetero) is 1. The van der Waals surface area contributed by atoms with Crippen molar-refractivity contribution in [2.75, 3.05) is 6.54 Å². The summed E-state index contributed by atoms with van der Waals surface area (Å²) in [6.07, 6.45) is 0.579. The molecule has 0 aliphatic rings. The summed E-state index contributed by atoms with van der Waals surface area (Å²) in [5, 5.41) is 0. The molecule has 0 aliphatic carbocycles. The van der Waals surface area contributed by atoms with Crippen LogP contribution in [0.1, 0.15) is 27.2 Å². The molecule has 0 aromatic rings. The molecule has 0 aromatic carbocycles. The second-order valence-electron chi connectivity index (χ2n) is 3.80. The Kier molecular flexibility index (Phi) is 3.69. The van der Waals surface area contributed by atoms with Crippen LogP contribution in [0.15, 0.2) is 0 Å². The Morgan fingerprint density at radius 2 is 1.91 bits per heavy atom. The maximum absolute atomic E-state index is 11.4. The summed E-state index contributed by atoms with van der Waals surface area (Å²) in [5.41, 5.74) is 10.5. The highest BCUT2D eigenvalue weighted by Gasteiger charge is 2.26. The third-order valence-electron chi connectivity index (χ3n) is 1.55. The summed E-state index contributed by atoms with van der Waals surface area (Å²) in [4.78, 5) is 11.4. The number of rotatable bonds is 3. The maximum Gasteiger partial charge on any atom is 0.154 e. The molecule has 0 heterocycles. The van der Waals surface area contributed by atoms with Gasteiger partial charge in [-0.05, 0) is 13.0 Å². The van der Waals surface area contributed by atoms with Crippen molar-refractivity contribution < 1.29 is 4.79 Å². The first kappa shape index (κ1) is 10.6. The lowest BCUT2D eigenvalue weighted by molar-refractivity contribution is -0.127. The van der Waals surface area contributed by atoms with Crippen LogP contribution in [0.25, 0.3) is 0 Å². The third kappa shape index (κ3) is 3.49. The van der Waals surface area contributed by atoms with E-state index in [9.17, 15) is 4.79 Å². The predicted molar refractivity (Wildman–Crippen MR) is 46.1 cm³/mol. The molecule has 4 N–H and O–H groups in total. The smallest absolute Gasteiger partial charge is 0.154 e. The van der Waals surface area contributed by atoms with Crippen LogP contribution in [0.2, 0.25) is 0 Å². The van der Waals surface area contributed by atoms with Gasteiger partial charge in [0.15, 0.2) is 5.78 Å². The molecule has 11 heavy (non-hydrogen) atoms. The summed E-state index contributed by atoms with van der Waals surface area (Å²) in [7, 11) is 0. The van der Waals surface area contributed by atoms with Crippen molar-refractivity contribution in [3.63, 3.8) is 0 Å². The molecule has 66 valence electrons. The van der Waals surface area contributed by atoms with Gasteiger partial charge in [0.05, 0.1) is 6.04 Å². The highest BCUT2D eigenvalue weighted by atomic mass is 16.1. The highest BCUT2D eigenvalue weighted by Crippen LogP contribution is 2.16. The molecule has 0 aromatic heterocycles. The minimum atomic E-state index is -0.389. The van der Waals surface area contributed by atoms with E-state index in [4.69, 9.17) is 11.5 Å². The molecule has 0 saturated carbocycles. The molecule has 1 atom stereocenters. The lowest BCUT2D eigenvalue weighted by Gasteiger charge is -2.20. The van der Waals surface area contributed by atoms with Gasteiger partial charge in [-0.15, -0.1) is 0 Å². The minimum absolute atomic E-state index is 0.0861. The summed E-state index contributed by atoms with van der Waals surface area (Å²) < 4.78 is 0. The zero-order valence-electron chi connectivity index (χ0n) is 7.55. The van der Waals surface area contributed by atoms with Gasteiger partial charge >= 0.3 is 0 Å². The van der Waals surface area contributed by atoms with Crippen LogP contribution < -0.4 is 11.5 Å². The Morgan fingerprint density at radius 3 is 2.18 bits per heavy atom. The molecule has 0 spiro atoms. The summed E-state index contributed by atoms with van der Waals surface area (Å²) in [6, 6.07) is -0.389. The van der Waals surface area contributed by atoms with Crippen LogP contribution in [0.3, 0.4) is 0 Å². The van der Waals surface area contributed by atoms with Crippen molar-refractivity contribution in [2.45, 2.75) is 33.2 Å². The molecule has 3 nitrogen and oxygen atoms in total. The topological polar surface area (TPSA) is 69.1 Å². The second kappa shape index (κ2) is 3.83. The molecule has 0 bridgehead atoms. The summed E-state index contributed by atoms with van der Waals surface area (Å²) in [5.74, 6) is 0.0861. The molecule has 0 rings (SSSR count). The van der Waals surface area contributed by atoms with E-state index in [-0.39, 0.29) is 17.2 Å². The average molecular weight is 158 g/mol. The van der Waals surface area contributed by atoms with Crippen LogP contribution in [0.5, 0.6) is 0 Å². The van der Waals surface area contributed by atoms with Gasteiger partial charge in [-0.25, -0.2) is 0 Å². The van der Waals surface area contributed by atoms with Crippen LogP contribution >= 0.6 is 0 Å². The largest absolute Gasteiger partial charge is 0.330 e. The fourth-order valence-electron chi connectivity index (χ4n) is 0.867. The molecular formula is C8H18N2O. The van der Waals surface area contributed by atoms with Gasteiger partial charge in [-0.3, -0.25) is 4.79 Å². The van der Waals surface area contributed by atoms with E-state index in [1.807, 2.05) is 20.8 Å². The van der Waals surface area contributed by atoms with E-state index in [2.05, 4.69) is 0 Å². The number of ketones is 1. The van der Waals surface area contributed by atoms with Gasteiger partial charge in [0.1, 0.15) is 0 Å². The third-order valence-corrected chi connectivity index (χ3v) is 1.55. The summed E-state index contributed by atoms with van der Waals surface area (Å²) >= 11 is 0. The first-order valence-electron chi connectivity index (χ1n) is 3.89. The number of hydrogen-bond donors (Lipinski definition) is 2. The Labute approximate surface area is 68.1 Å². The van der Waals surface area contributed by atoms with Crippen molar-refractivity contribution in [1.29, 1.82) is 0 Å². The lowest BCUT2D eigenvalue weighted by Crippen LogP contribution is -2.40. The zero-order valence-corrected chi connectivity index (χ0v) is 7.55. The van der Waals surface area contributed by atoms with Crippen LogP contribution in [-0.2, 0) is 4.79 Å². The Hall–Kier alpha value is -0.410. The van der Waals surface area contributed by atoms with Crippen molar-refractivity contribution in [1.82, 2.24) is 0 Å². The maximum atomic E-state index is 11.4. The molecule has 0 amide bonds. The minimum Gasteiger partial charge on any atom is -0.330 e. The van der Waals surface area contributed by atoms with Crippen molar-refractivity contribution in [3.05, 3.63) is 0 Å². The van der Waals surface area contributed by atoms with E-state index < -0.39 is 0 Å². The van der Waals surface area contributed by atoms with Gasteiger partial charge in [-0.1, -0.05) is 20.8 Å². The fraction of sp³-hybridized carbons (Fsp3) is 0.875. The molecule has 0 fully saturated rings. The Bertz CT molecular complexity index is 138. The summed E-state index contributed by atoms with van der Waals surface area (Å²) in [6.45, 7) is 6.08. The SMILES string of the molecule is CC(C)(C)C(=O)[C@@H](N)CCN. The van der Waals surface area contributed by atoms with Crippen LogP contribution in [0, 0.1) is 5.41 Å². The average Bonchev–Trinajstić information content (AvgIpc) is 1.85. The predicted octanol–water partition coefficient (Wildman–Crippen LogP) is 0.278. The molecule has 3 heteroatoms. The van der Waals surface area contributed by atoms with E-state index in [1.165, 1.54) is 0 Å². The fourth-order valence-corrected chi connectivity index (χ4v) is 0.867. The first-order valence-corrected chi connectivity index (χ1v) is 3.89. The second-order valence-corrected chi connectivity index (χ2v) is 3.80. The lowest BCUT2D eigenvalue weighted by atomic mass is 9.86. The van der Waals surface area contributed by atoms with Gasteiger partial charge in [0, 0.05) is 5.41 Å². The molecule has 0 saturated heterocycles. The number of carbonyl (C=O) groups is 1. The monoisotopic (exact) mass is 158 g/mol. The van der Waals surface area contributed by atoms with Crippen LogP contribution in [-0.4, -0.2) is 18.4 Å². The molecule has 0 unspecified atom stereocenters. The van der Waals surface area contributed by atoms with Gasteiger partial charge < -0.3 is 11.5 Å². The Morgan fingerprint density at radius 1 is 1.45 bits per heavy atom. The highest BCUT2D eigenvalue weighted by molar-refractivity contribution is 5.88. The zero-order chi connectivity index (χ0) is 9.07. The first-order chi connectivity index (χ1) is 4.89. The normalized spacial score (nSPS) is 14.6. The number of hydrogen-bond acceptors (Lipinski definition) is 3. The van der Waals surface area contributed by atoms with Gasteiger partial charge in [0.25, 0.3) is 0 Å². The molecule has 0 aliphatic heterocycles. The quantitative estimate of drug-likeness (QED) is 0.619. The van der Waals surface area contributed by atoms with Crippen molar-refractivity contribution in [2.24, 2.45) is 16.9 Å². The standard InChI is InChI=1S/C8H18N2O/c1-8(2,3)7(11)6(10)4-5-9/h6H,4-5,9-10H2,1-3H3/t6-/m0/s1. The Balaban J connectivity index is 4.03. The number of carbonyl (C=O) groups excluding carboxylic acids is 1. The van der Waals surface area contributed by atoms with Crippen molar-refractivity contribution in [3.8, 4) is 0 Å². The number of nitrogens with two attached hydrogens (primary N) is 2. The van der Waals surface area contributed by atoms with E-state index in [0.717, 1.165) is 0 Å². The van der Waals surface area contributed by atoms with E-state index in [1.54, 1.807) is 0 Å².